The highest BCUT2D eigenvalue weighted by molar-refractivity contribution is 9.10. The van der Waals surface area contributed by atoms with Gasteiger partial charge in [0.15, 0.2) is 0 Å². The lowest BCUT2D eigenvalue weighted by Crippen LogP contribution is -2.30. The fourth-order valence-electron chi connectivity index (χ4n) is 2.33. The summed E-state index contributed by atoms with van der Waals surface area (Å²) in [5.74, 6) is 0. The van der Waals surface area contributed by atoms with Crippen LogP contribution in [0.15, 0.2) is 64.0 Å². The predicted molar refractivity (Wildman–Crippen MR) is 98.3 cm³/mol. The number of anilines is 1. The van der Waals surface area contributed by atoms with E-state index < -0.39 is 10.0 Å². The second-order valence-corrected chi connectivity index (χ2v) is 7.69. The Balaban J connectivity index is 1.88. The fraction of sp³-hybridized carbons (Fsp3) is 0.294. The smallest absolute Gasteiger partial charge is 0.241 e. The summed E-state index contributed by atoms with van der Waals surface area (Å²) in [6.45, 7) is 4.20. The molecule has 0 unspecified atom stereocenters. The van der Waals surface area contributed by atoms with E-state index in [-0.39, 0.29) is 4.90 Å². The molecule has 2 aromatic carbocycles. The molecule has 0 saturated heterocycles. The molecule has 0 amide bonds. The Morgan fingerprint density at radius 1 is 1.04 bits per heavy atom. The number of hydrogen-bond donors (Lipinski definition) is 1. The second kappa shape index (κ2) is 8.47. The minimum absolute atomic E-state index is 0.274. The highest BCUT2D eigenvalue weighted by atomic mass is 79.9. The quantitative estimate of drug-likeness (QED) is 0.692. The number of nitrogens with one attached hydrogen (secondary N) is 1. The molecule has 0 spiro atoms. The molecule has 0 aliphatic rings. The minimum atomic E-state index is -3.48. The van der Waals surface area contributed by atoms with Crippen LogP contribution in [0.25, 0.3) is 0 Å². The Morgan fingerprint density at radius 3 is 2.35 bits per heavy atom. The van der Waals surface area contributed by atoms with Gasteiger partial charge in [0.2, 0.25) is 10.0 Å². The molecular weight excluding hydrogens is 376 g/mol. The third kappa shape index (κ3) is 5.06. The van der Waals surface area contributed by atoms with Gasteiger partial charge in [-0.05, 0) is 53.5 Å². The molecule has 1 N–H and O–H groups in total. The van der Waals surface area contributed by atoms with Crippen molar-refractivity contribution in [2.45, 2.75) is 18.2 Å². The summed E-state index contributed by atoms with van der Waals surface area (Å²) in [7, 11) is -3.48. The van der Waals surface area contributed by atoms with Crippen molar-refractivity contribution >= 4 is 31.6 Å². The number of nitrogens with zero attached hydrogens (tertiary/aromatic N) is 1. The van der Waals surface area contributed by atoms with Crippen LogP contribution in [0.3, 0.4) is 0 Å². The lowest BCUT2D eigenvalue weighted by Gasteiger charge is -2.23. The number of para-hydroxylation sites is 1. The topological polar surface area (TPSA) is 49.4 Å². The SMILES string of the molecule is CCN(CCCNS(=O)(=O)c1ccccc1Br)c1ccccc1. The average Bonchev–Trinajstić information content (AvgIpc) is 2.56. The van der Waals surface area contributed by atoms with Gasteiger partial charge < -0.3 is 4.90 Å². The zero-order valence-electron chi connectivity index (χ0n) is 13.1. The summed E-state index contributed by atoms with van der Waals surface area (Å²) in [6, 6.07) is 17.0. The van der Waals surface area contributed by atoms with Gasteiger partial charge in [-0.1, -0.05) is 30.3 Å². The number of sulfonamides is 1. The van der Waals surface area contributed by atoms with E-state index in [1.807, 2.05) is 18.2 Å². The largest absolute Gasteiger partial charge is 0.372 e. The summed E-state index contributed by atoms with van der Waals surface area (Å²) >= 11 is 3.28. The number of hydrogen-bond acceptors (Lipinski definition) is 3. The van der Waals surface area contributed by atoms with E-state index in [0.717, 1.165) is 25.2 Å². The summed E-state index contributed by atoms with van der Waals surface area (Å²) in [5, 5.41) is 0. The van der Waals surface area contributed by atoms with E-state index in [1.165, 1.54) is 0 Å². The van der Waals surface area contributed by atoms with Crippen LogP contribution in [0, 0.1) is 0 Å². The van der Waals surface area contributed by atoms with Crippen LogP contribution in [-0.2, 0) is 10.0 Å². The zero-order chi connectivity index (χ0) is 16.7. The van der Waals surface area contributed by atoms with Gasteiger partial charge in [0.1, 0.15) is 0 Å². The number of rotatable bonds is 8. The van der Waals surface area contributed by atoms with Gasteiger partial charge in [-0.2, -0.15) is 0 Å². The predicted octanol–water partition coefficient (Wildman–Crippen LogP) is 3.64. The van der Waals surface area contributed by atoms with Gasteiger partial charge >= 0.3 is 0 Å². The molecule has 0 saturated carbocycles. The van der Waals surface area contributed by atoms with Crippen LogP contribution in [0.1, 0.15) is 13.3 Å². The second-order valence-electron chi connectivity index (χ2n) is 5.10. The Bertz CT molecular complexity index is 720. The first-order chi connectivity index (χ1) is 11.0. The minimum Gasteiger partial charge on any atom is -0.372 e. The fourth-order valence-corrected chi connectivity index (χ4v) is 4.40. The van der Waals surface area contributed by atoms with Crippen molar-refractivity contribution in [2.24, 2.45) is 0 Å². The first-order valence-corrected chi connectivity index (χ1v) is 9.86. The van der Waals surface area contributed by atoms with E-state index >= 15 is 0 Å². The molecule has 0 radical (unpaired) electrons. The van der Waals surface area contributed by atoms with Crippen LogP contribution in [0.5, 0.6) is 0 Å². The third-order valence-electron chi connectivity index (χ3n) is 3.53. The third-order valence-corrected chi connectivity index (χ3v) is 6.00. The molecule has 0 fully saturated rings. The summed E-state index contributed by atoms with van der Waals surface area (Å²) in [6.07, 6.45) is 0.742. The molecule has 4 nitrogen and oxygen atoms in total. The maximum absolute atomic E-state index is 12.3. The molecule has 6 heteroatoms. The molecule has 0 aliphatic heterocycles. The monoisotopic (exact) mass is 396 g/mol. The lowest BCUT2D eigenvalue weighted by molar-refractivity contribution is 0.578. The van der Waals surface area contributed by atoms with Gasteiger partial charge in [-0.15, -0.1) is 0 Å². The highest BCUT2D eigenvalue weighted by Gasteiger charge is 2.16. The first kappa shape index (κ1) is 18.0. The van der Waals surface area contributed by atoms with Crippen LogP contribution < -0.4 is 9.62 Å². The van der Waals surface area contributed by atoms with Crippen LogP contribution in [0.2, 0.25) is 0 Å². The van der Waals surface area contributed by atoms with E-state index in [1.54, 1.807) is 24.3 Å². The molecule has 124 valence electrons. The van der Waals surface area contributed by atoms with E-state index in [4.69, 9.17) is 0 Å². The molecule has 2 rings (SSSR count). The standard InChI is InChI=1S/C17H21BrN2O2S/c1-2-20(15-9-4-3-5-10-15)14-8-13-19-23(21,22)17-12-7-6-11-16(17)18/h3-7,9-12,19H,2,8,13-14H2,1H3. The summed E-state index contributed by atoms with van der Waals surface area (Å²) in [5.41, 5.74) is 1.16. The van der Waals surface area contributed by atoms with Crippen molar-refractivity contribution in [3.8, 4) is 0 Å². The average molecular weight is 397 g/mol. The van der Waals surface area contributed by atoms with Crippen molar-refractivity contribution in [1.29, 1.82) is 0 Å². The Morgan fingerprint density at radius 2 is 1.70 bits per heavy atom. The van der Waals surface area contributed by atoms with Crippen molar-refractivity contribution in [1.82, 2.24) is 4.72 Å². The molecule has 0 aromatic heterocycles. The molecule has 0 heterocycles. The summed E-state index contributed by atoms with van der Waals surface area (Å²) in [4.78, 5) is 2.50. The molecular formula is C17H21BrN2O2S. The van der Waals surface area contributed by atoms with Gasteiger partial charge in [0, 0.05) is 29.8 Å². The molecule has 23 heavy (non-hydrogen) atoms. The van der Waals surface area contributed by atoms with Crippen molar-refractivity contribution in [2.75, 3.05) is 24.5 Å². The first-order valence-electron chi connectivity index (χ1n) is 7.59. The highest BCUT2D eigenvalue weighted by Crippen LogP contribution is 2.20. The Labute approximate surface area is 146 Å². The van der Waals surface area contributed by atoms with Gasteiger partial charge in [0.25, 0.3) is 0 Å². The number of halogens is 1. The van der Waals surface area contributed by atoms with Crippen molar-refractivity contribution in [3.05, 3.63) is 59.1 Å². The summed E-state index contributed by atoms with van der Waals surface area (Å²) < 4.78 is 27.8. The van der Waals surface area contributed by atoms with Crippen molar-refractivity contribution in [3.63, 3.8) is 0 Å². The van der Waals surface area contributed by atoms with Gasteiger partial charge in [-0.25, -0.2) is 13.1 Å². The number of benzene rings is 2. The molecule has 0 atom stereocenters. The zero-order valence-corrected chi connectivity index (χ0v) is 15.5. The maximum Gasteiger partial charge on any atom is 0.241 e. The van der Waals surface area contributed by atoms with Crippen LogP contribution in [0.4, 0.5) is 5.69 Å². The molecule has 2 aromatic rings. The van der Waals surface area contributed by atoms with E-state index in [0.29, 0.717) is 11.0 Å². The Hall–Kier alpha value is -1.37. The Kier molecular flexibility index (Phi) is 6.62. The maximum atomic E-state index is 12.3. The van der Waals surface area contributed by atoms with Crippen molar-refractivity contribution < 1.29 is 8.42 Å². The van der Waals surface area contributed by atoms with E-state index in [2.05, 4.69) is 44.6 Å². The van der Waals surface area contributed by atoms with Crippen LogP contribution in [-0.4, -0.2) is 28.1 Å². The van der Waals surface area contributed by atoms with Gasteiger partial charge in [-0.3, -0.25) is 0 Å². The van der Waals surface area contributed by atoms with E-state index in [9.17, 15) is 8.42 Å². The van der Waals surface area contributed by atoms with Crippen LogP contribution >= 0.6 is 15.9 Å². The van der Waals surface area contributed by atoms with Gasteiger partial charge in [0.05, 0.1) is 4.90 Å². The lowest BCUT2D eigenvalue weighted by atomic mass is 10.2. The normalized spacial score (nSPS) is 11.4. The molecule has 0 bridgehead atoms. The molecule has 0 aliphatic carbocycles.